The van der Waals surface area contributed by atoms with Crippen molar-refractivity contribution in [3.8, 4) is 0 Å². The lowest BCUT2D eigenvalue weighted by Gasteiger charge is -2.17. The molecule has 0 unspecified atom stereocenters. The second kappa shape index (κ2) is 5.75. The van der Waals surface area contributed by atoms with Gasteiger partial charge in [0.05, 0.1) is 0 Å². The first-order chi connectivity index (χ1) is 7.49. The van der Waals surface area contributed by atoms with Crippen molar-refractivity contribution >= 4 is 17.6 Å². The van der Waals surface area contributed by atoms with Crippen LogP contribution in [-0.4, -0.2) is 31.1 Å². The van der Waals surface area contributed by atoms with Gasteiger partial charge in [0.15, 0.2) is 0 Å². The molecule has 88 valence electrons. The van der Waals surface area contributed by atoms with Gasteiger partial charge < -0.3 is 10.2 Å². The maximum Gasteiger partial charge on any atom is 0.317 e. The van der Waals surface area contributed by atoms with Crippen LogP contribution >= 0.6 is 11.6 Å². The molecular weight excluding hydrogens is 224 g/mol. The molecule has 1 aromatic carbocycles. The van der Waals surface area contributed by atoms with E-state index in [0.29, 0.717) is 0 Å². The van der Waals surface area contributed by atoms with E-state index < -0.39 is 0 Å². The van der Waals surface area contributed by atoms with Gasteiger partial charge in [-0.25, -0.2) is 4.79 Å². The number of hydrogen-bond acceptors (Lipinski definition) is 1. The van der Waals surface area contributed by atoms with Crippen molar-refractivity contribution in [1.82, 2.24) is 10.2 Å². The number of hydrogen-bond donors (Lipinski definition) is 1. The van der Waals surface area contributed by atoms with Crippen molar-refractivity contribution in [3.63, 3.8) is 0 Å². The van der Waals surface area contributed by atoms with E-state index in [9.17, 15) is 4.79 Å². The van der Waals surface area contributed by atoms with Crippen molar-refractivity contribution in [2.24, 2.45) is 0 Å². The minimum Gasteiger partial charge on any atom is -0.335 e. The van der Waals surface area contributed by atoms with Crippen LogP contribution in [0.3, 0.4) is 0 Å². The van der Waals surface area contributed by atoms with Gasteiger partial charge in [-0.1, -0.05) is 23.7 Å². The highest BCUT2D eigenvalue weighted by molar-refractivity contribution is 6.30. The maximum absolute atomic E-state index is 11.4. The van der Waals surface area contributed by atoms with E-state index in [2.05, 4.69) is 5.32 Å². The standard InChI is InChI=1S/C12H17ClN2O/c1-9(14-12(16)15(2)3)8-10-4-6-11(13)7-5-10/h4-7,9H,8H2,1-3H3,(H,14,16)/t9-/m1/s1. The average molecular weight is 241 g/mol. The van der Waals surface area contributed by atoms with Crippen LogP contribution in [0.15, 0.2) is 24.3 Å². The number of rotatable bonds is 3. The van der Waals surface area contributed by atoms with Crippen LogP contribution in [-0.2, 0) is 6.42 Å². The zero-order valence-electron chi connectivity index (χ0n) is 9.83. The van der Waals surface area contributed by atoms with Gasteiger partial charge >= 0.3 is 6.03 Å². The predicted octanol–water partition coefficient (Wildman–Crippen LogP) is 2.54. The third-order valence-electron chi connectivity index (χ3n) is 2.23. The molecule has 0 saturated carbocycles. The smallest absolute Gasteiger partial charge is 0.317 e. The fraction of sp³-hybridized carbons (Fsp3) is 0.417. The van der Waals surface area contributed by atoms with Crippen LogP contribution in [0.4, 0.5) is 4.79 Å². The molecule has 0 aliphatic carbocycles. The van der Waals surface area contributed by atoms with Crippen LogP contribution in [0.25, 0.3) is 0 Å². The van der Waals surface area contributed by atoms with Gasteiger partial charge in [-0.15, -0.1) is 0 Å². The lowest BCUT2D eigenvalue weighted by atomic mass is 10.1. The fourth-order valence-electron chi connectivity index (χ4n) is 1.36. The minimum atomic E-state index is -0.0681. The number of halogens is 1. The normalized spacial score (nSPS) is 12.0. The quantitative estimate of drug-likeness (QED) is 0.865. The summed E-state index contributed by atoms with van der Waals surface area (Å²) in [6.45, 7) is 1.98. The first-order valence-corrected chi connectivity index (χ1v) is 5.59. The molecule has 0 aliphatic rings. The Morgan fingerprint density at radius 3 is 2.44 bits per heavy atom. The van der Waals surface area contributed by atoms with Crippen molar-refractivity contribution in [2.75, 3.05) is 14.1 Å². The Morgan fingerprint density at radius 1 is 1.38 bits per heavy atom. The summed E-state index contributed by atoms with van der Waals surface area (Å²) in [6.07, 6.45) is 0.802. The van der Waals surface area contributed by atoms with Crippen LogP contribution in [0.5, 0.6) is 0 Å². The third-order valence-corrected chi connectivity index (χ3v) is 2.48. The van der Waals surface area contributed by atoms with Crippen molar-refractivity contribution in [2.45, 2.75) is 19.4 Å². The number of benzene rings is 1. The molecule has 4 heteroatoms. The monoisotopic (exact) mass is 240 g/mol. The largest absolute Gasteiger partial charge is 0.335 e. The van der Waals surface area contributed by atoms with E-state index in [0.717, 1.165) is 17.0 Å². The summed E-state index contributed by atoms with van der Waals surface area (Å²) in [4.78, 5) is 12.9. The zero-order chi connectivity index (χ0) is 12.1. The molecule has 0 aromatic heterocycles. The van der Waals surface area contributed by atoms with Gasteiger partial charge in [-0.05, 0) is 31.0 Å². The molecule has 0 bridgehead atoms. The Kier molecular flexibility index (Phi) is 4.62. The molecule has 1 atom stereocenters. The predicted molar refractivity (Wildman–Crippen MR) is 66.8 cm³/mol. The Hall–Kier alpha value is -1.22. The molecule has 16 heavy (non-hydrogen) atoms. The molecule has 1 rings (SSSR count). The van der Waals surface area contributed by atoms with E-state index in [4.69, 9.17) is 11.6 Å². The molecule has 0 spiro atoms. The van der Waals surface area contributed by atoms with Crippen LogP contribution in [0, 0.1) is 0 Å². The summed E-state index contributed by atoms with van der Waals surface area (Å²) in [5.41, 5.74) is 1.16. The molecule has 0 radical (unpaired) electrons. The van der Waals surface area contributed by atoms with E-state index in [-0.39, 0.29) is 12.1 Å². The number of urea groups is 1. The van der Waals surface area contributed by atoms with E-state index in [1.54, 1.807) is 14.1 Å². The summed E-state index contributed by atoms with van der Waals surface area (Å²) in [5.74, 6) is 0. The molecule has 0 fully saturated rings. The first-order valence-electron chi connectivity index (χ1n) is 5.21. The number of amides is 2. The number of nitrogens with zero attached hydrogens (tertiary/aromatic N) is 1. The fourth-order valence-corrected chi connectivity index (χ4v) is 1.49. The summed E-state index contributed by atoms with van der Waals surface area (Å²) in [6, 6.07) is 7.70. The summed E-state index contributed by atoms with van der Waals surface area (Å²) in [5, 5.41) is 3.63. The number of carbonyl (C=O) groups excluding carboxylic acids is 1. The summed E-state index contributed by atoms with van der Waals surface area (Å²) >= 11 is 5.80. The third kappa shape index (κ3) is 4.11. The van der Waals surface area contributed by atoms with Crippen molar-refractivity contribution in [3.05, 3.63) is 34.9 Å². The summed E-state index contributed by atoms with van der Waals surface area (Å²) in [7, 11) is 3.45. The van der Waals surface area contributed by atoms with Gasteiger partial charge in [0, 0.05) is 25.2 Å². The van der Waals surface area contributed by atoms with E-state index in [1.807, 2.05) is 31.2 Å². The van der Waals surface area contributed by atoms with Crippen LogP contribution in [0.1, 0.15) is 12.5 Å². The first kappa shape index (κ1) is 12.8. The Labute approximate surface area is 101 Å². The molecule has 0 aliphatic heterocycles. The Bertz CT molecular complexity index is 349. The highest BCUT2D eigenvalue weighted by Gasteiger charge is 2.08. The molecule has 1 N–H and O–H groups in total. The highest BCUT2D eigenvalue weighted by Crippen LogP contribution is 2.11. The van der Waals surface area contributed by atoms with Crippen LogP contribution < -0.4 is 5.32 Å². The molecule has 2 amide bonds. The highest BCUT2D eigenvalue weighted by atomic mass is 35.5. The maximum atomic E-state index is 11.4. The van der Waals surface area contributed by atoms with Crippen molar-refractivity contribution < 1.29 is 4.79 Å². The summed E-state index contributed by atoms with van der Waals surface area (Å²) < 4.78 is 0. The lowest BCUT2D eigenvalue weighted by molar-refractivity contribution is 0.214. The average Bonchev–Trinajstić information content (AvgIpc) is 2.21. The van der Waals surface area contributed by atoms with Gasteiger partial charge in [-0.2, -0.15) is 0 Å². The minimum absolute atomic E-state index is 0.0681. The van der Waals surface area contributed by atoms with Gasteiger partial charge in [0.1, 0.15) is 0 Å². The second-order valence-electron chi connectivity index (χ2n) is 4.08. The van der Waals surface area contributed by atoms with Gasteiger partial charge in [0.2, 0.25) is 0 Å². The topological polar surface area (TPSA) is 32.3 Å². The zero-order valence-corrected chi connectivity index (χ0v) is 10.6. The van der Waals surface area contributed by atoms with E-state index in [1.165, 1.54) is 4.90 Å². The Morgan fingerprint density at radius 2 is 1.94 bits per heavy atom. The number of nitrogens with one attached hydrogen (secondary N) is 1. The van der Waals surface area contributed by atoms with Crippen molar-refractivity contribution in [1.29, 1.82) is 0 Å². The second-order valence-corrected chi connectivity index (χ2v) is 4.51. The molecule has 0 saturated heterocycles. The molecule has 0 heterocycles. The van der Waals surface area contributed by atoms with E-state index >= 15 is 0 Å². The van der Waals surface area contributed by atoms with Gasteiger partial charge in [-0.3, -0.25) is 0 Å². The van der Waals surface area contributed by atoms with Gasteiger partial charge in [0.25, 0.3) is 0 Å². The SMILES string of the molecule is C[C@H](Cc1ccc(Cl)cc1)NC(=O)N(C)C. The molecule has 1 aromatic rings. The molecule has 3 nitrogen and oxygen atoms in total. The van der Waals surface area contributed by atoms with Crippen LogP contribution in [0.2, 0.25) is 5.02 Å². The number of carbonyl (C=O) groups is 1. The molecular formula is C12H17ClN2O. The lowest BCUT2D eigenvalue weighted by Crippen LogP contribution is -2.40. The Balaban J connectivity index is 2.48.